The van der Waals surface area contributed by atoms with Crippen molar-refractivity contribution in [1.82, 2.24) is 15.6 Å². The average molecular weight is 240 g/mol. The van der Waals surface area contributed by atoms with Gasteiger partial charge in [-0.05, 0) is 31.0 Å². The summed E-state index contributed by atoms with van der Waals surface area (Å²) in [6, 6.07) is 4.47. The fourth-order valence-electron chi connectivity index (χ4n) is 2.00. The van der Waals surface area contributed by atoms with Crippen molar-refractivity contribution < 1.29 is 0 Å². The Morgan fingerprint density at radius 2 is 2.38 bits per heavy atom. The summed E-state index contributed by atoms with van der Waals surface area (Å²) in [6.07, 6.45) is 5.77. The minimum absolute atomic E-state index is 0.553. The van der Waals surface area contributed by atoms with Gasteiger partial charge < -0.3 is 10.6 Å². The summed E-state index contributed by atoms with van der Waals surface area (Å²) in [5.74, 6) is 0. The van der Waals surface area contributed by atoms with Gasteiger partial charge in [-0.2, -0.15) is 0 Å². The first-order valence-corrected chi connectivity index (χ1v) is 6.27. The van der Waals surface area contributed by atoms with Crippen molar-refractivity contribution >= 4 is 11.6 Å². The Morgan fingerprint density at radius 3 is 3.06 bits per heavy atom. The molecule has 3 nitrogen and oxygen atoms in total. The van der Waals surface area contributed by atoms with Gasteiger partial charge in [-0.1, -0.05) is 24.1 Å². The van der Waals surface area contributed by atoms with Crippen molar-refractivity contribution in [2.45, 2.75) is 31.8 Å². The lowest BCUT2D eigenvalue weighted by Crippen LogP contribution is -2.41. The van der Waals surface area contributed by atoms with Crippen LogP contribution in [0, 0.1) is 0 Å². The van der Waals surface area contributed by atoms with E-state index in [2.05, 4.69) is 15.6 Å². The van der Waals surface area contributed by atoms with Gasteiger partial charge in [0.15, 0.2) is 0 Å². The van der Waals surface area contributed by atoms with E-state index in [9.17, 15) is 0 Å². The number of piperidine rings is 1. The van der Waals surface area contributed by atoms with E-state index in [4.69, 9.17) is 11.6 Å². The Bertz CT molecular complexity index is 307. The number of hydrogen-bond acceptors (Lipinski definition) is 3. The molecule has 1 fully saturated rings. The SMILES string of the molecule is Clc1ccc(CNC[C@H]2CCCCN2)cn1. The smallest absolute Gasteiger partial charge is 0.129 e. The van der Waals surface area contributed by atoms with E-state index < -0.39 is 0 Å². The first-order chi connectivity index (χ1) is 7.84. The maximum absolute atomic E-state index is 5.73. The summed E-state index contributed by atoms with van der Waals surface area (Å²) in [5, 5.41) is 7.51. The molecule has 1 atom stereocenters. The lowest BCUT2D eigenvalue weighted by atomic mass is 10.1. The van der Waals surface area contributed by atoms with Gasteiger partial charge >= 0.3 is 0 Å². The standard InChI is InChI=1S/C12H18ClN3/c13-12-5-4-10(8-16-12)7-14-9-11-3-1-2-6-15-11/h4-5,8,11,14-15H,1-3,6-7,9H2/t11-/m1/s1. The van der Waals surface area contributed by atoms with Crippen LogP contribution in [0.15, 0.2) is 18.3 Å². The van der Waals surface area contributed by atoms with Crippen molar-refractivity contribution in [3.8, 4) is 0 Å². The van der Waals surface area contributed by atoms with E-state index in [1.807, 2.05) is 18.3 Å². The average Bonchev–Trinajstić information content (AvgIpc) is 2.33. The molecule has 0 aliphatic carbocycles. The van der Waals surface area contributed by atoms with Gasteiger partial charge in [-0.3, -0.25) is 0 Å². The van der Waals surface area contributed by atoms with E-state index >= 15 is 0 Å². The van der Waals surface area contributed by atoms with Crippen molar-refractivity contribution in [2.75, 3.05) is 13.1 Å². The summed E-state index contributed by atoms with van der Waals surface area (Å²) in [5.41, 5.74) is 1.18. The number of nitrogens with zero attached hydrogens (tertiary/aromatic N) is 1. The van der Waals surface area contributed by atoms with E-state index in [1.165, 1.54) is 24.8 Å². The van der Waals surface area contributed by atoms with Gasteiger partial charge in [0.05, 0.1) is 0 Å². The summed E-state index contributed by atoms with van der Waals surface area (Å²) in [7, 11) is 0. The van der Waals surface area contributed by atoms with Crippen LogP contribution < -0.4 is 10.6 Å². The molecule has 88 valence electrons. The summed E-state index contributed by atoms with van der Waals surface area (Å²) in [6.45, 7) is 3.06. The number of rotatable bonds is 4. The molecular formula is C12H18ClN3. The Hall–Kier alpha value is -0.640. The fraction of sp³-hybridized carbons (Fsp3) is 0.583. The lowest BCUT2D eigenvalue weighted by Gasteiger charge is -2.23. The highest BCUT2D eigenvalue weighted by molar-refractivity contribution is 6.29. The molecule has 0 unspecified atom stereocenters. The molecule has 2 rings (SSSR count). The summed E-state index contributed by atoms with van der Waals surface area (Å²) in [4.78, 5) is 4.05. The zero-order valence-corrected chi connectivity index (χ0v) is 10.1. The zero-order valence-electron chi connectivity index (χ0n) is 9.38. The van der Waals surface area contributed by atoms with Gasteiger partial charge in [-0.25, -0.2) is 4.98 Å². The van der Waals surface area contributed by atoms with Crippen LogP contribution in [0.3, 0.4) is 0 Å². The van der Waals surface area contributed by atoms with Crippen LogP contribution in [0.4, 0.5) is 0 Å². The van der Waals surface area contributed by atoms with Gasteiger partial charge in [0, 0.05) is 25.3 Å². The quantitative estimate of drug-likeness (QED) is 0.789. The maximum Gasteiger partial charge on any atom is 0.129 e. The molecule has 1 aliphatic rings. The van der Waals surface area contributed by atoms with Gasteiger partial charge in [-0.15, -0.1) is 0 Å². The molecule has 4 heteroatoms. The third-order valence-corrected chi connectivity index (χ3v) is 3.14. The van der Waals surface area contributed by atoms with E-state index in [1.54, 1.807) is 0 Å². The Morgan fingerprint density at radius 1 is 1.44 bits per heavy atom. The number of pyridine rings is 1. The molecule has 0 bridgehead atoms. The van der Waals surface area contributed by atoms with Crippen LogP contribution in [0.25, 0.3) is 0 Å². The lowest BCUT2D eigenvalue weighted by molar-refractivity contribution is 0.383. The number of nitrogens with one attached hydrogen (secondary N) is 2. The highest BCUT2D eigenvalue weighted by Gasteiger charge is 2.11. The predicted molar refractivity (Wildman–Crippen MR) is 66.6 cm³/mol. The third-order valence-electron chi connectivity index (χ3n) is 2.92. The number of aromatic nitrogens is 1. The molecule has 1 aromatic heterocycles. The Balaban J connectivity index is 1.69. The van der Waals surface area contributed by atoms with Crippen molar-refractivity contribution in [1.29, 1.82) is 0 Å². The predicted octanol–water partition coefficient (Wildman–Crippen LogP) is 1.97. The molecule has 1 aliphatic heterocycles. The van der Waals surface area contributed by atoms with E-state index in [-0.39, 0.29) is 0 Å². The Kier molecular flexibility index (Phi) is 4.57. The van der Waals surface area contributed by atoms with Crippen LogP contribution in [-0.2, 0) is 6.54 Å². The normalized spacial score (nSPS) is 20.9. The van der Waals surface area contributed by atoms with E-state index in [0.717, 1.165) is 19.6 Å². The maximum atomic E-state index is 5.73. The van der Waals surface area contributed by atoms with Gasteiger partial charge in [0.1, 0.15) is 5.15 Å². The minimum Gasteiger partial charge on any atom is -0.313 e. The molecule has 2 heterocycles. The summed E-state index contributed by atoms with van der Waals surface area (Å²) < 4.78 is 0. The second-order valence-corrected chi connectivity index (χ2v) is 4.65. The van der Waals surface area contributed by atoms with Crippen molar-refractivity contribution in [2.24, 2.45) is 0 Å². The highest BCUT2D eigenvalue weighted by Crippen LogP contribution is 2.07. The fourth-order valence-corrected chi connectivity index (χ4v) is 2.11. The third kappa shape index (κ3) is 3.74. The van der Waals surface area contributed by atoms with Crippen LogP contribution >= 0.6 is 11.6 Å². The second kappa shape index (κ2) is 6.18. The molecule has 0 saturated carbocycles. The first kappa shape index (κ1) is 11.8. The molecule has 0 aromatic carbocycles. The second-order valence-electron chi connectivity index (χ2n) is 4.27. The molecule has 1 saturated heterocycles. The topological polar surface area (TPSA) is 37.0 Å². The molecule has 0 radical (unpaired) electrons. The van der Waals surface area contributed by atoms with Crippen LogP contribution in [-0.4, -0.2) is 24.1 Å². The van der Waals surface area contributed by atoms with Crippen LogP contribution in [0.2, 0.25) is 5.15 Å². The Labute approximate surface area is 102 Å². The molecule has 16 heavy (non-hydrogen) atoms. The molecule has 0 spiro atoms. The van der Waals surface area contributed by atoms with Crippen molar-refractivity contribution in [3.05, 3.63) is 29.0 Å². The van der Waals surface area contributed by atoms with Gasteiger partial charge in [0.25, 0.3) is 0 Å². The zero-order chi connectivity index (χ0) is 11.2. The molecule has 1 aromatic rings. The molecule has 2 N–H and O–H groups in total. The number of hydrogen-bond donors (Lipinski definition) is 2. The van der Waals surface area contributed by atoms with Crippen molar-refractivity contribution in [3.63, 3.8) is 0 Å². The molecule has 0 amide bonds. The van der Waals surface area contributed by atoms with Gasteiger partial charge in [0.2, 0.25) is 0 Å². The largest absolute Gasteiger partial charge is 0.313 e. The highest BCUT2D eigenvalue weighted by atomic mass is 35.5. The number of halogens is 1. The minimum atomic E-state index is 0.553. The molecular weight excluding hydrogens is 222 g/mol. The monoisotopic (exact) mass is 239 g/mol. The van der Waals surface area contributed by atoms with E-state index in [0.29, 0.717) is 11.2 Å². The van der Waals surface area contributed by atoms with Crippen LogP contribution in [0.1, 0.15) is 24.8 Å². The summed E-state index contributed by atoms with van der Waals surface area (Å²) >= 11 is 5.73. The first-order valence-electron chi connectivity index (χ1n) is 5.89. The van der Waals surface area contributed by atoms with Crippen LogP contribution in [0.5, 0.6) is 0 Å².